The van der Waals surface area contributed by atoms with Gasteiger partial charge in [0.15, 0.2) is 0 Å². The van der Waals surface area contributed by atoms with Crippen LogP contribution < -0.4 is 0 Å². The minimum atomic E-state index is -1.58. The highest BCUT2D eigenvalue weighted by molar-refractivity contribution is 5.15. The van der Waals surface area contributed by atoms with E-state index in [2.05, 4.69) is 0 Å². The van der Waals surface area contributed by atoms with E-state index < -0.39 is 62.0 Å². The van der Waals surface area contributed by atoms with Crippen LogP contribution in [0.1, 0.15) is 0 Å². The van der Waals surface area contributed by atoms with Crippen molar-refractivity contribution in [2.45, 2.75) is 48.8 Å². The largest absolute Gasteiger partial charge is 0.487 e. The zero-order valence-electron chi connectivity index (χ0n) is 11.1. The monoisotopic (exact) mass is 308 g/mol. The van der Waals surface area contributed by atoms with Crippen molar-refractivity contribution < 1.29 is 45.2 Å². The van der Waals surface area contributed by atoms with Crippen LogP contribution in [0.4, 0.5) is 0 Å². The van der Waals surface area contributed by atoms with Crippen molar-refractivity contribution in [2.75, 3.05) is 13.2 Å². The standard InChI is InChI=1S/C12H20O9/c13-2-6-8(16)4(15)1-5(20-6)12-11(19)10(18)9(17)7(3-14)21-12/h1,4,6-19H,2-3H2/t4-,6-,7-,8-,9+,10+,11-,12?/m1/s1. The summed E-state index contributed by atoms with van der Waals surface area (Å²) in [5.74, 6) is -0.0937. The summed E-state index contributed by atoms with van der Waals surface area (Å²) in [6.45, 7) is -1.17. The van der Waals surface area contributed by atoms with Crippen LogP contribution in [0.15, 0.2) is 11.8 Å². The maximum Gasteiger partial charge on any atom is 0.150 e. The van der Waals surface area contributed by atoms with Crippen molar-refractivity contribution in [3.05, 3.63) is 11.8 Å². The zero-order valence-corrected chi connectivity index (χ0v) is 11.1. The van der Waals surface area contributed by atoms with E-state index in [-0.39, 0.29) is 5.76 Å². The Labute approximate surface area is 120 Å². The first-order valence-electron chi connectivity index (χ1n) is 6.56. The summed E-state index contributed by atoms with van der Waals surface area (Å²) in [4.78, 5) is 0. The molecule has 0 saturated carbocycles. The molecule has 2 rings (SSSR count). The molecule has 0 spiro atoms. The smallest absolute Gasteiger partial charge is 0.150 e. The summed E-state index contributed by atoms with van der Waals surface area (Å²) in [5.41, 5.74) is 0. The lowest BCUT2D eigenvalue weighted by Crippen LogP contribution is -2.60. The number of hydrogen-bond acceptors (Lipinski definition) is 9. The zero-order chi connectivity index (χ0) is 15.7. The summed E-state index contributed by atoms with van der Waals surface area (Å²) in [6, 6.07) is 0. The van der Waals surface area contributed by atoms with E-state index in [1.54, 1.807) is 0 Å². The second-order valence-corrected chi connectivity index (χ2v) is 5.14. The molecule has 0 bridgehead atoms. The third kappa shape index (κ3) is 3.05. The molecule has 0 radical (unpaired) electrons. The van der Waals surface area contributed by atoms with E-state index in [0.29, 0.717) is 0 Å². The molecule has 0 aliphatic carbocycles. The van der Waals surface area contributed by atoms with Gasteiger partial charge in [-0.15, -0.1) is 0 Å². The Morgan fingerprint density at radius 1 is 0.810 bits per heavy atom. The first kappa shape index (κ1) is 16.6. The topological polar surface area (TPSA) is 160 Å². The van der Waals surface area contributed by atoms with Crippen LogP contribution in [-0.4, -0.2) is 97.8 Å². The van der Waals surface area contributed by atoms with Crippen LogP contribution in [0.2, 0.25) is 0 Å². The van der Waals surface area contributed by atoms with Crippen LogP contribution >= 0.6 is 0 Å². The van der Waals surface area contributed by atoms with Crippen molar-refractivity contribution in [3.63, 3.8) is 0 Å². The Kier molecular flexibility index (Phi) is 5.17. The van der Waals surface area contributed by atoms with Gasteiger partial charge in [0.05, 0.1) is 13.2 Å². The molecule has 1 fully saturated rings. The fourth-order valence-corrected chi connectivity index (χ4v) is 2.41. The first-order valence-corrected chi connectivity index (χ1v) is 6.56. The molecule has 1 saturated heterocycles. The third-order valence-corrected chi connectivity index (χ3v) is 3.71. The van der Waals surface area contributed by atoms with E-state index >= 15 is 0 Å². The van der Waals surface area contributed by atoms with E-state index in [0.717, 1.165) is 6.08 Å². The van der Waals surface area contributed by atoms with Crippen LogP contribution in [0, 0.1) is 0 Å². The van der Waals surface area contributed by atoms with Crippen molar-refractivity contribution in [2.24, 2.45) is 0 Å². The van der Waals surface area contributed by atoms with Gasteiger partial charge in [-0.2, -0.15) is 0 Å². The third-order valence-electron chi connectivity index (χ3n) is 3.71. The quantitative estimate of drug-likeness (QED) is 0.274. The number of hydrogen-bond donors (Lipinski definition) is 7. The minimum Gasteiger partial charge on any atom is -0.487 e. The Hall–Kier alpha value is -0.780. The summed E-state index contributed by atoms with van der Waals surface area (Å²) in [6.07, 6.45) is -9.74. The molecular formula is C12H20O9. The highest BCUT2D eigenvalue weighted by Crippen LogP contribution is 2.30. The predicted octanol–water partition coefficient (Wildman–Crippen LogP) is -4.17. The van der Waals surface area contributed by atoms with Crippen LogP contribution in [0.25, 0.3) is 0 Å². The highest BCUT2D eigenvalue weighted by Gasteiger charge is 2.47. The summed E-state index contributed by atoms with van der Waals surface area (Å²) in [5, 5.41) is 66.8. The normalized spacial score (nSPS) is 47.7. The molecule has 21 heavy (non-hydrogen) atoms. The average Bonchev–Trinajstić information content (AvgIpc) is 2.48. The van der Waals surface area contributed by atoms with Crippen molar-refractivity contribution in [1.82, 2.24) is 0 Å². The lowest BCUT2D eigenvalue weighted by molar-refractivity contribution is -0.233. The molecule has 122 valence electrons. The van der Waals surface area contributed by atoms with Crippen molar-refractivity contribution in [3.8, 4) is 0 Å². The number of ether oxygens (including phenoxy) is 2. The van der Waals surface area contributed by atoms with E-state index in [9.17, 15) is 25.5 Å². The number of rotatable bonds is 3. The van der Waals surface area contributed by atoms with Gasteiger partial charge in [0.1, 0.15) is 54.6 Å². The molecule has 0 aromatic carbocycles. The maximum atomic E-state index is 9.94. The molecular weight excluding hydrogens is 288 g/mol. The number of aliphatic hydroxyl groups is 7. The first-order chi connectivity index (χ1) is 9.90. The molecule has 2 aliphatic rings. The molecule has 2 aliphatic heterocycles. The van der Waals surface area contributed by atoms with E-state index in [1.165, 1.54) is 0 Å². The SMILES string of the molecule is OC[C@H]1OC(C2=C[C@@H](O)[C@@H](O)[C@@H](CO)O2)[C@H](O)[C@@H](O)[C@H]1O. The second-order valence-electron chi connectivity index (χ2n) is 5.14. The van der Waals surface area contributed by atoms with Gasteiger partial charge in [-0.3, -0.25) is 0 Å². The molecule has 0 aromatic rings. The van der Waals surface area contributed by atoms with Crippen LogP contribution in [-0.2, 0) is 9.47 Å². The highest BCUT2D eigenvalue weighted by atomic mass is 16.6. The fraction of sp³-hybridized carbons (Fsp3) is 0.833. The Morgan fingerprint density at radius 3 is 2.00 bits per heavy atom. The summed E-state index contributed by atoms with van der Waals surface area (Å²) in [7, 11) is 0. The average molecular weight is 308 g/mol. The lowest BCUT2D eigenvalue weighted by Gasteiger charge is -2.42. The molecule has 0 aromatic heterocycles. The van der Waals surface area contributed by atoms with Gasteiger partial charge < -0.3 is 45.2 Å². The summed E-state index contributed by atoms with van der Waals surface area (Å²) >= 11 is 0. The lowest BCUT2D eigenvalue weighted by atomic mass is 9.92. The van der Waals surface area contributed by atoms with Gasteiger partial charge in [0, 0.05) is 0 Å². The molecule has 0 amide bonds. The van der Waals surface area contributed by atoms with Crippen molar-refractivity contribution >= 4 is 0 Å². The Morgan fingerprint density at radius 2 is 1.43 bits per heavy atom. The molecule has 7 N–H and O–H groups in total. The van der Waals surface area contributed by atoms with Gasteiger partial charge in [-0.05, 0) is 6.08 Å². The maximum absolute atomic E-state index is 9.94. The molecule has 9 nitrogen and oxygen atoms in total. The Bertz CT molecular complexity index is 385. The fourth-order valence-electron chi connectivity index (χ4n) is 2.41. The molecule has 8 atom stereocenters. The van der Waals surface area contributed by atoms with Gasteiger partial charge >= 0.3 is 0 Å². The van der Waals surface area contributed by atoms with Gasteiger partial charge in [-0.1, -0.05) is 0 Å². The number of aliphatic hydroxyl groups excluding tert-OH is 7. The van der Waals surface area contributed by atoms with Crippen LogP contribution in [0.5, 0.6) is 0 Å². The van der Waals surface area contributed by atoms with Crippen molar-refractivity contribution in [1.29, 1.82) is 0 Å². The van der Waals surface area contributed by atoms with Crippen LogP contribution in [0.3, 0.4) is 0 Å². The molecule has 9 heteroatoms. The predicted molar refractivity (Wildman–Crippen MR) is 65.8 cm³/mol. The molecule has 2 heterocycles. The molecule has 1 unspecified atom stereocenters. The Balaban J connectivity index is 2.21. The van der Waals surface area contributed by atoms with E-state index in [4.69, 9.17) is 19.7 Å². The van der Waals surface area contributed by atoms with Gasteiger partial charge in [-0.25, -0.2) is 0 Å². The second kappa shape index (κ2) is 6.55. The minimum absolute atomic E-state index is 0.0937. The summed E-state index contributed by atoms with van der Waals surface area (Å²) < 4.78 is 10.5. The van der Waals surface area contributed by atoms with Gasteiger partial charge in [0.25, 0.3) is 0 Å². The van der Waals surface area contributed by atoms with Gasteiger partial charge in [0.2, 0.25) is 0 Å². The van der Waals surface area contributed by atoms with E-state index in [1.807, 2.05) is 0 Å².